The van der Waals surface area contributed by atoms with Gasteiger partial charge in [-0.25, -0.2) is 0 Å². The summed E-state index contributed by atoms with van der Waals surface area (Å²) in [5.41, 5.74) is 3.04. The third-order valence-corrected chi connectivity index (χ3v) is 4.68. The normalized spacial score (nSPS) is 23.3. The van der Waals surface area contributed by atoms with Crippen molar-refractivity contribution in [2.24, 2.45) is 11.3 Å². The number of hydrogen-bond acceptors (Lipinski definition) is 2. The van der Waals surface area contributed by atoms with Gasteiger partial charge in [-0.2, -0.15) is 0 Å². The molecule has 0 amide bonds. The summed E-state index contributed by atoms with van der Waals surface area (Å²) in [7, 11) is 4.23. The Hall–Kier alpha value is -1.02. The molecule has 1 aromatic rings. The zero-order chi connectivity index (χ0) is 15.5. The lowest BCUT2D eigenvalue weighted by molar-refractivity contribution is 0.163. The van der Waals surface area contributed by atoms with Crippen molar-refractivity contribution in [2.45, 2.75) is 59.0 Å². The van der Waals surface area contributed by atoms with Crippen molar-refractivity contribution >= 4 is 5.69 Å². The Morgan fingerprint density at radius 1 is 1.05 bits per heavy atom. The van der Waals surface area contributed by atoms with E-state index in [1.54, 1.807) is 0 Å². The van der Waals surface area contributed by atoms with Gasteiger partial charge in [0.05, 0.1) is 0 Å². The Morgan fingerprint density at radius 2 is 1.67 bits per heavy atom. The molecule has 1 aliphatic carbocycles. The van der Waals surface area contributed by atoms with E-state index in [1.807, 2.05) is 0 Å². The van der Waals surface area contributed by atoms with Gasteiger partial charge in [-0.05, 0) is 56.0 Å². The molecule has 2 atom stereocenters. The molecule has 0 aliphatic heterocycles. The Labute approximate surface area is 130 Å². The topological polar surface area (TPSA) is 15.3 Å². The van der Waals surface area contributed by atoms with Gasteiger partial charge in [0.2, 0.25) is 0 Å². The number of anilines is 1. The van der Waals surface area contributed by atoms with Crippen LogP contribution < -0.4 is 5.32 Å². The van der Waals surface area contributed by atoms with Crippen LogP contribution in [0.2, 0.25) is 0 Å². The standard InChI is InChI=1S/C19H32N2/c1-19(2,3)17-8-6-7-9-18(17)20-16-12-10-15(11-13-16)14-21(4)5/h10-13,17-18,20H,6-9,14H2,1-5H3. The lowest BCUT2D eigenvalue weighted by Gasteiger charge is -2.41. The molecule has 1 fully saturated rings. The summed E-state index contributed by atoms with van der Waals surface area (Å²) in [5, 5.41) is 3.80. The fourth-order valence-electron chi connectivity index (χ4n) is 3.63. The number of benzene rings is 1. The predicted octanol–water partition coefficient (Wildman–Crippen LogP) is 4.77. The fourth-order valence-corrected chi connectivity index (χ4v) is 3.63. The van der Waals surface area contributed by atoms with Gasteiger partial charge in [0.15, 0.2) is 0 Å². The van der Waals surface area contributed by atoms with Crippen LogP contribution in [0.1, 0.15) is 52.0 Å². The molecule has 2 nitrogen and oxygen atoms in total. The molecule has 0 bridgehead atoms. The van der Waals surface area contributed by atoms with E-state index in [0.29, 0.717) is 11.5 Å². The van der Waals surface area contributed by atoms with Crippen molar-refractivity contribution in [3.8, 4) is 0 Å². The third-order valence-electron chi connectivity index (χ3n) is 4.68. The number of nitrogens with zero attached hydrogens (tertiary/aromatic N) is 1. The van der Waals surface area contributed by atoms with E-state index < -0.39 is 0 Å². The zero-order valence-electron chi connectivity index (χ0n) is 14.4. The van der Waals surface area contributed by atoms with E-state index in [-0.39, 0.29) is 0 Å². The summed E-state index contributed by atoms with van der Waals surface area (Å²) >= 11 is 0. The molecule has 118 valence electrons. The summed E-state index contributed by atoms with van der Waals surface area (Å²) < 4.78 is 0. The van der Waals surface area contributed by atoms with Crippen LogP contribution in [0, 0.1) is 11.3 Å². The van der Waals surface area contributed by atoms with Crippen LogP contribution >= 0.6 is 0 Å². The Morgan fingerprint density at radius 3 is 2.24 bits per heavy atom. The van der Waals surface area contributed by atoms with Crippen LogP contribution in [0.3, 0.4) is 0 Å². The predicted molar refractivity (Wildman–Crippen MR) is 92.7 cm³/mol. The summed E-state index contributed by atoms with van der Waals surface area (Å²) in [6.45, 7) is 8.17. The molecule has 0 saturated heterocycles. The second kappa shape index (κ2) is 6.83. The molecule has 2 unspecified atom stereocenters. The maximum absolute atomic E-state index is 3.80. The molecule has 1 saturated carbocycles. The van der Waals surface area contributed by atoms with Crippen molar-refractivity contribution in [1.29, 1.82) is 0 Å². The van der Waals surface area contributed by atoms with Crippen molar-refractivity contribution in [1.82, 2.24) is 4.90 Å². The second-order valence-corrected chi connectivity index (χ2v) is 7.94. The first-order chi connectivity index (χ1) is 9.86. The highest BCUT2D eigenvalue weighted by atomic mass is 15.0. The molecule has 21 heavy (non-hydrogen) atoms. The van der Waals surface area contributed by atoms with Crippen LogP contribution in [-0.2, 0) is 6.54 Å². The van der Waals surface area contributed by atoms with Crippen molar-refractivity contribution in [3.63, 3.8) is 0 Å². The molecule has 0 heterocycles. The van der Waals surface area contributed by atoms with E-state index in [2.05, 4.69) is 69.3 Å². The van der Waals surface area contributed by atoms with E-state index in [9.17, 15) is 0 Å². The molecule has 2 heteroatoms. The van der Waals surface area contributed by atoms with Gasteiger partial charge >= 0.3 is 0 Å². The number of hydrogen-bond donors (Lipinski definition) is 1. The monoisotopic (exact) mass is 288 g/mol. The summed E-state index contributed by atoms with van der Waals surface area (Å²) in [6, 6.07) is 9.60. The fraction of sp³-hybridized carbons (Fsp3) is 0.684. The molecule has 0 aromatic heterocycles. The Balaban J connectivity index is 2.02. The van der Waals surface area contributed by atoms with E-state index >= 15 is 0 Å². The van der Waals surface area contributed by atoms with E-state index in [0.717, 1.165) is 12.5 Å². The van der Waals surface area contributed by atoms with Gasteiger partial charge < -0.3 is 10.2 Å². The zero-order valence-corrected chi connectivity index (χ0v) is 14.4. The van der Waals surface area contributed by atoms with Gasteiger partial charge in [0, 0.05) is 18.3 Å². The maximum atomic E-state index is 3.80. The minimum Gasteiger partial charge on any atom is -0.382 e. The number of nitrogens with one attached hydrogen (secondary N) is 1. The highest BCUT2D eigenvalue weighted by molar-refractivity contribution is 5.45. The summed E-state index contributed by atoms with van der Waals surface area (Å²) in [4.78, 5) is 2.21. The van der Waals surface area contributed by atoms with Crippen molar-refractivity contribution in [3.05, 3.63) is 29.8 Å². The van der Waals surface area contributed by atoms with E-state index in [4.69, 9.17) is 0 Å². The van der Waals surface area contributed by atoms with E-state index in [1.165, 1.54) is 36.9 Å². The SMILES string of the molecule is CN(C)Cc1ccc(NC2CCCCC2C(C)(C)C)cc1. The quantitative estimate of drug-likeness (QED) is 0.859. The lowest BCUT2D eigenvalue weighted by atomic mass is 9.69. The van der Waals surface area contributed by atoms with Crippen molar-refractivity contribution in [2.75, 3.05) is 19.4 Å². The van der Waals surface area contributed by atoms with Gasteiger partial charge in [0.1, 0.15) is 0 Å². The Kier molecular flexibility index (Phi) is 5.32. The lowest BCUT2D eigenvalue weighted by Crippen LogP contribution is -2.39. The first-order valence-corrected chi connectivity index (χ1v) is 8.36. The molecule has 2 rings (SSSR count). The summed E-state index contributed by atoms with van der Waals surface area (Å²) in [5.74, 6) is 0.771. The molecule has 1 N–H and O–H groups in total. The third kappa shape index (κ3) is 4.74. The molecule has 1 aliphatic rings. The number of rotatable bonds is 4. The highest BCUT2D eigenvalue weighted by Gasteiger charge is 2.33. The summed E-state index contributed by atoms with van der Waals surface area (Å²) in [6.07, 6.45) is 5.42. The van der Waals surface area contributed by atoms with Crippen LogP contribution in [0.15, 0.2) is 24.3 Å². The highest BCUT2D eigenvalue weighted by Crippen LogP contribution is 2.39. The average Bonchev–Trinajstić information content (AvgIpc) is 2.40. The first-order valence-electron chi connectivity index (χ1n) is 8.36. The van der Waals surface area contributed by atoms with Gasteiger partial charge in [-0.15, -0.1) is 0 Å². The van der Waals surface area contributed by atoms with Crippen LogP contribution in [-0.4, -0.2) is 25.0 Å². The van der Waals surface area contributed by atoms with Crippen LogP contribution in [0.4, 0.5) is 5.69 Å². The Bertz CT molecular complexity index is 428. The molecule has 0 radical (unpaired) electrons. The average molecular weight is 288 g/mol. The van der Waals surface area contributed by atoms with Gasteiger partial charge in [-0.3, -0.25) is 0 Å². The largest absolute Gasteiger partial charge is 0.382 e. The van der Waals surface area contributed by atoms with Crippen LogP contribution in [0.25, 0.3) is 0 Å². The maximum Gasteiger partial charge on any atom is 0.0342 e. The minimum absolute atomic E-state index is 0.392. The molecular formula is C19H32N2. The van der Waals surface area contributed by atoms with Gasteiger partial charge in [-0.1, -0.05) is 45.7 Å². The minimum atomic E-state index is 0.392. The molecule has 1 aromatic carbocycles. The van der Waals surface area contributed by atoms with Crippen LogP contribution in [0.5, 0.6) is 0 Å². The second-order valence-electron chi connectivity index (χ2n) is 7.94. The first kappa shape index (κ1) is 16.4. The van der Waals surface area contributed by atoms with Gasteiger partial charge in [0.25, 0.3) is 0 Å². The smallest absolute Gasteiger partial charge is 0.0342 e. The molecular weight excluding hydrogens is 256 g/mol. The molecule has 0 spiro atoms. The van der Waals surface area contributed by atoms with Crippen molar-refractivity contribution < 1.29 is 0 Å².